The molecule has 0 aliphatic carbocycles. The summed E-state index contributed by atoms with van der Waals surface area (Å²) in [7, 11) is 0. The number of carbonyl (C=O) groups is 2. The van der Waals surface area contributed by atoms with Gasteiger partial charge in [-0.25, -0.2) is 0 Å². The maximum absolute atomic E-state index is 12.7. The highest BCUT2D eigenvalue weighted by Crippen LogP contribution is 2.36. The van der Waals surface area contributed by atoms with Gasteiger partial charge in [0, 0.05) is 11.0 Å². The van der Waals surface area contributed by atoms with Crippen LogP contribution in [-0.4, -0.2) is 28.8 Å². The van der Waals surface area contributed by atoms with Crippen molar-refractivity contribution in [3.8, 4) is 0 Å². The Morgan fingerprint density at radius 2 is 1.55 bits per heavy atom. The van der Waals surface area contributed by atoms with Gasteiger partial charge < -0.3 is 10.5 Å². The molecule has 20 heavy (non-hydrogen) atoms. The molecule has 0 bridgehead atoms. The van der Waals surface area contributed by atoms with Gasteiger partial charge in [-0.05, 0) is 47.5 Å². The molecular formula is C16H31NO3. The van der Waals surface area contributed by atoms with Crippen molar-refractivity contribution in [1.29, 1.82) is 0 Å². The first kappa shape index (κ1) is 19.3. The molecule has 4 heteroatoms. The van der Waals surface area contributed by atoms with Gasteiger partial charge in [0.1, 0.15) is 11.7 Å². The van der Waals surface area contributed by atoms with Crippen molar-refractivity contribution in [3.05, 3.63) is 0 Å². The van der Waals surface area contributed by atoms with Crippen LogP contribution in [0.15, 0.2) is 0 Å². The van der Waals surface area contributed by atoms with Crippen LogP contribution in [0.5, 0.6) is 0 Å². The monoisotopic (exact) mass is 285 g/mol. The Balaban J connectivity index is 5.27. The zero-order valence-corrected chi connectivity index (χ0v) is 14.3. The maximum Gasteiger partial charge on any atom is 0.168 e. The Morgan fingerprint density at radius 1 is 1.10 bits per heavy atom. The lowest BCUT2D eigenvalue weighted by atomic mass is 9.67. The minimum atomic E-state index is -0.914. The number of carbonyl (C=O) groups excluding carboxylic acids is 2. The first-order valence-corrected chi connectivity index (χ1v) is 7.37. The molecule has 0 aromatic rings. The summed E-state index contributed by atoms with van der Waals surface area (Å²) < 4.78 is 5.80. The number of hydrogen-bond acceptors (Lipinski definition) is 4. The number of ketones is 2. The minimum Gasteiger partial charge on any atom is -0.357 e. The zero-order valence-electron chi connectivity index (χ0n) is 14.3. The van der Waals surface area contributed by atoms with E-state index < -0.39 is 22.7 Å². The van der Waals surface area contributed by atoms with Gasteiger partial charge in [-0.3, -0.25) is 9.59 Å². The van der Waals surface area contributed by atoms with Crippen LogP contribution in [-0.2, 0) is 14.3 Å². The highest BCUT2D eigenvalue weighted by molar-refractivity contribution is 5.90. The summed E-state index contributed by atoms with van der Waals surface area (Å²) in [6, 6.07) is 0. The van der Waals surface area contributed by atoms with Crippen molar-refractivity contribution >= 4 is 11.6 Å². The lowest BCUT2D eigenvalue weighted by Crippen LogP contribution is -2.57. The van der Waals surface area contributed by atoms with Crippen molar-refractivity contribution in [2.45, 2.75) is 85.5 Å². The molecule has 0 amide bonds. The predicted octanol–water partition coefficient (Wildman–Crippen LogP) is 2.87. The molecule has 0 radical (unpaired) electrons. The van der Waals surface area contributed by atoms with E-state index in [1.54, 1.807) is 13.8 Å². The molecule has 0 saturated carbocycles. The molecule has 0 fully saturated rings. The first-order valence-electron chi connectivity index (χ1n) is 7.37. The molecule has 0 aromatic carbocycles. The fourth-order valence-corrected chi connectivity index (χ4v) is 2.25. The van der Waals surface area contributed by atoms with Gasteiger partial charge in [0.15, 0.2) is 11.6 Å². The van der Waals surface area contributed by atoms with E-state index in [1.807, 2.05) is 34.6 Å². The standard InChI is InChI=1S/C16H31NO3/c1-9-15(7,14(5,6)17)13(19)11(3)20-16(8,10-2)12(4)18/h11H,9-10,17H2,1-8H3. The van der Waals surface area contributed by atoms with Crippen LogP contribution in [0.4, 0.5) is 0 Å². The lowest BCUT2D eigenvalue weighted by Gasteiger charge is -2.42. The molecule has 2 N–H and O–H groups in total. The summed E-state index contributed by atoms with van der Waals surface area (Å²) in [5.74, 6) is -0.113. The van der Waals surface area contributed by atoms with E-state index >= 15 is 0 Å². The molecule has 0 aliphatic heterocycles. The molecule has 0 rings (SSSR count). The summed E-state index contributed by atoms with van der Waals surface area (Å²) in [5, 5.41) is 0. The van der Waals surface area contributed by atoms with E-state index in [4.69, 9.17) is 10.5 Å². The third-order valence-electron chi connectivity index (χ3n) is 4.90. The molecule has 118 valence electrons. The van der Waals surface area contributed by atoms with Crippen LogP contribution >= 0.6 is 0 Å². The molecule has 0 aromatic heterocycles. The molecule has 3 atom stereocenters. The summed E-state index contributed by atoms with van der Waals surface area (Å²) >= 11 is 0. The molecule has 4 nitrogen and oxygen atoms in total. The third kappa shape index (κ3) is 3.67. The largest absolute Gasteiger partial charge is 0.357 e. The molecular weight excluding hydrogens is 254 g/mol. The highest BCUT2D eigenvalue weighted by Gasteiger charge is 2.46. The van der Waals surface area contributed by atoms with E-state index in [2.05, 4.69) is 0 Å². The maximum atomic E-state index is 12.7. The van der Waals surface area contributed by atoms with Crippen molar-refractivity contribution in [1.82, 2.24) is 0 Å². The Kier molecular flexibility index (Phi) is 6.12. The van der Waals surface area contributed by atoms with Gasteiger partial charge in [-0.15, -0.1) is 0 Å². The van der Waals surface area contributed by atoms with E-state index in [1.165, 1.54) is 6.92 Å². The van der Waals surface area contributed by atoms with Crippen molar-refractivity contribution in [2.75, 3.05) is 0 Å². The van der Waals surface area contributed by atoms with Crippen LogP contribution in [0, 0.1) is 5.41 Å². The molecule has 0 heterocycles. The van der Waals surface area contributed by atoms with Crippen molar-refractivity contribution in [3.63, 3.8) is 0 Å². The van der Waals surface area contributed by atoms with Gasteiger partial charge in [0.25, 0.3) is 0 Å². The Bertz CT molecular complexity index is 372. The smallest absolute Gasteiger partial charge is 0.168 e. The first-order chi connectivity index (χ1) is 8.85. The number of rotatable bonds is 8. The van der Waals surface area contributed by atoms with Crippen LogP contribution < -0.4 is 5.73 Å². The Hall–Kier alpha value is -0.740. The van der Waals surface area contributed by atoms with Crippen molar-refractivity contribution in [2.24, 2.45) is 11.1 Å². The van der Waals surface area contributed by atoms with E-state index in [9.17, 15) is 9.59 Å². The quantitative estimate of drug-likeness (QED) is 0.744. The van der Waals surface area contributed by atoms with E-state index in [0.29, 0.717) is 12.8 Å². The fourth-order valence-electron chi connectivity index (χ4n) is 2.25. The average molecular weight is 285 g/mol. The minimum absolute atomic E-state index is 0.0478. The molecule has 0 spiro atoms. The van der Waals surface area contributed by atoms with Crippen LogP contribution in [0.1, 0.15) is 68.2 Å². The third-order valence-corrected chi connectivity index (χ3v) is 4.90. The predicted molar refractivity (Wildman–Crippen MR) is 81.6 cm³/mol. The van der Waals surface area contributed by atoms with E-state index in [-0.39, 0.29) is 11.6 Å². The summed E-state index contributed by atoms with van der Waals surface area (Å²) in [5.41, 5.74) is 3.94. The normalized spacial score (nSPS) is 19.9. The van der Waals surface area contributed by atoms with Crippen molar-refractivity contribution < 1.29 is 14.3 Å². The van der Waals surface area contributed by atoms with Crippen LogP contribution in [0.25, 0.3) is 0 Å². The lowest BCUT2D eigenvalue weighted by molar-refractivity contribution is -0.162. The van der Waals surface area contributed by atoms with Gasteiger partial charge in [-0.2, -0.15) is 0 Å². The van der Waals surface area contributed by atoms with Crippen LogP contribution in [0.2, 0.25) is 0 Å². The molecule has 0 aliphatic rings. The van der Waals surface area contributed by atoms with Gasteiger partial charge in [0.2, 0.25) is 0 Å². The second kappa shape index (κ2) is 6.35. The SMILES string of the molecule is CCC(C)(OC(C)C(=O)C(C)(CC)C(C)(C)N)C(C)=O. The summed E-state index contributed by atoms with van der Waals surface area (Å²) in [6.07, 6.45) is 0.512. The number of hydrogen-bond donors (Lipinski definition) is 1. The number of ether oxygens (including phenoxy) is 1. The average Bonchev–Trinajstić information content (AvgIpc) is 2.34. The van der Waals surface area contributed by atoms with E-state index in [0.717, 1.165) is 0 Å². The number of nitrogens with two attached hydrogens (primary N) is 1. The summed E-state index contributed by atoms with van der Waals surface area (Å²) in [4.78, 5) is 24.5. The Labute approximate surface area is 123 Å². The second-order valence-corrected chi connectivity index (χ2v) is 6.67. The van der Waals surface area contributed by atoms with Gasteiger partial charge >= 0.3 is 0 Å². The second-order valence-electron chi connectivity index (χ2n) is 6.67. The number of Topliss-reactive ketones (excluding diaryl/α,β-unsaturated/α-hetero) is 2. The Morgan fingerprint density at radius 3 is 1.80 bits per heavy atom. The van der Waals surface area contributed by atoms with Gasteiger partial charge in [-0.1, -0.05) is 20.8 Å². The highest BCUT2D eigenvalue weighted by atomic mass is 16.5. The topological polar surface area (TPSA) is 69.4 Å². The van der Waals surface area contributed by atoms with Crippen LogP contribution in [0.3, 0.4) is 0 Å². The molecule has 0 saturated heterocycles. The molecule has 3 unspecified atom stereocenters. The van der Waals surface area contributed by atoms with Gasteiger partial charge in [0.05, 0.1) is 0 Å². The zero-order chi connectivity index (χ0) is 16.4. The fraction of sp³-hybridized carbons (Fsp3) is 0.875. The summed E-state index contributed by atoms with van der Waals surface area (Å²) in [6.45, 7) is 14.3.